The van der Waals surface area contributed by atoms with Crippen LogP contribution in [-0.2, 0) is 17.1 Å². The number of imidazole rings is 1. The summed E-state index contributed by atoms with van der Waals surface area (Å²) in [5.41, 5.74) is 5.55. The molecule has 2 heterocycles. The smallest absolute Gasteiger partial charge is 0.381 e. The molecule has 120 valence electrons. The third-order valence-corrected chi connectivity index (χ3v) is 5.26. The predicted molar refractivity (Wildman–Crippen MR) is 68.9 cm³/mol. The van der Waals surface area contributed by atoms with Crippen molar-refractivity contribution in [1.82, 2.24) is 18.8 Å². The number of sulfonamides is 1. The summed E-state index contributed by atoms with van der Waals surface area (Å²) in [6.45, 7) is -1.01. The monoisotopic (exact) mass is 327 g/mol. The van der Waals surface area contributed by atoms with Crippen LogP contribution in [0.25, 0.3) is 0 Å². The topological polar surface area (TPSA) is 84.5 Å². The number of nitrogens with zero attached hydrogens (tertiary/aromatic N) is 4. The maximum Gasteiger partial charge on any atom is 0.401 e. The van der Waals surface area contributed by atoms with Crippen LogP contribution in [0.2, 0.25) is 0 Å². The van der Waals surface area contributed by atoms with Gasteiger partial charge in [0.25, 0.3) is 10.0 Å². The van der Waals surface area contributed by atoms with Gasteiger partial charge in [-0.15, -0.1) is 0 Å². The first kappa shape index (κ1) is 16.0. The molecule has 1 aliphatic heterocycles. The Morgan fingerprint density at radius 2 is 1.86 bits per heavy atom. The number of hydrogen-bond acceptors (Lipinski definition) is 5. The highest BCUT2D eigenvalue weighted by molar-refractivity contribution is 7.89. The Balaban J connectivity index is 2.08. The molecule has 2 rings (SSSR count). The van der Waals surface area contributed by atoms with E-state index < -0.39 is 22.7 Å². The van der Waals surface area contributed by atoms with Crippen LogP contribution >= 0.6 is 0 Å². The van der Waals surface area contributed by atoms with Crippen LogP contribution in [0.4, 0.5) is 19.0 Å². The highest BCUT2D eigenvalue weighted by atomic mass is 32.2. The molecule has 0 saturated carbocycles. The van der Waals surface area contributed by atoms with E-state index in [9.17, 15) is 21.6 Å². The van der Waals surface area contributed by atoms with Crippen molar-refractivity contribution in [2.45, 2.75) is 11.2 Å². The predicted octanol–water partition coefficient (Wildman–Crippen LogP) is -0.129. The molecule has 2 N–H and O–H groups in total. The molecule has 0 spiro atoms. The molecule has 1 aliphatic rings. The summed E-state index contributed by atoms with van der Waals surface area (Å²) in [5, 5.41) is -0.133. The Kier molecular flexibility index (Phi) is 4.17. The summed E-state index contributed by atoms with van der Waals surface area (Å²) in [7, 11) is -2.35. The Labute approximate surface area is 120 Å². The van der Waals surface area contributed by atoms with E-state index in [4.69, 9.17) is 5.73 Å². The number of nitrogen functional groups attached to an aromatic ring is 1. The zero-order chi connectivity index (χ0) is 15.8. The normalized spacial score (nSPS) is 19.0. The molecular formula is C10H16F3N5O2S. The first-order valence-corrected chi connectivity index (χ1v) is 7.61. The number of rotatable bonds is 3. The second-order valence-electron chi connectivity index (χ2n) is 4.84. The zero-order valence-electron chi connectivity index (χ0n) is 11.3. The molecule has 1 saturated heterocycles. The molecule has 11 heteroatoms. The summed E-state index contributed by atoms with van der Waals surface area (Å²) in [5.74, 6) is -0.116. The van der Waals surface area contributed by atoms with Crippen molar-refractivity contribution in [2.24, 2.45) is 7.05 Å². The van der Waals surface area contributed by atoms with Crippen LogP contribution in [-0.4, -0.2) is 66.1 Å². The molecule has 1 fully saturated rings. The molecular weight excluding hydrogens is 311 g/mol. The van der Waals surface area contributed by atoms with E-state index in [0.717, 1.165) is 4.31 Å². The molecule has 1 aromatic heterocycles. The number of piperazine rings is 1. The van der Waals surface area contributed by atoms with Gasteiger partial charge in [-0.3, -0.25) is 4.90 Å². The number of halogens is 3. The summed E-state index contributed by atoms with van der Waals surface area (Å²) < 4.78 is 64.2. The van der Waals surface area contributed by atoms with Crippen LogP contribution in [0, 0.1) is 0 Å². The van der Waals surface area contributed by atoms with Crippen molar-refractivity contribution < 1.29 is 21.6 Å². The number of anilines is 1. The lowest BCUT2D eigenvalue weighted by Gasteiger charge is -2.34. The SMILES string of the molecule is Cn1cnc(N)c1S(=O)(=O)N1CCN(CC(F)(F)F)CC1. The summed E-state index contributed by atoms with van der Waals surface area (Å²) in [4.78, 5) is 4.90. The van der Waals surface area contributed by atoms with Gasteiger partial charge in [0.1, 0.15) is 0 Å². The van der Waals surface area contributed by atoms with Crippen molar-refractivity contribution in [3.05, 3.63) is 6.33 Å². The number of alkyl halides is 3. The number of aryl methyl sites for hydroxylation is 1. The van der Waals surface area contributed by atoms with Crippen molar-refractivity contribution in [2.75, 3.05) is 38.5 Å². The molecule has 7 nitrogen and oxygen atoms in total. The van der Waals surface area contributed by atoms with Crippen LogP contribution in [0.1, 0.15) is 0 Å². The van der Waals surface area contributed by atoms with Gasteiger partial charge in [-0.05, 0) is 0 Å². The third-order valence-electron chi connectivity index (χ3n) is 3.23. The zero-order valence-corrected chi connectivity index (χ0v) is 12.2. The van der Waals surface area contributed by atoms with Gasteiger partial charge in [-0.1, -0.05) is 0 Å². The minimum absolute atomic E-state index is 0.0109. The van der Waals surface area contributed by atoms with Gasteiger partial charge in [-0.25, -0.2) is 13.4 Å². The summed E-state index contributed by atoms with van der Waals surface area (Å²) >= 11 is 0. The third kappa shape index (κ3) is 3.47. The van der Waals surface area contributed by atoms with Gasteiger partial charge in [0.15, 0.2) is 10.8 Å². The molecule has 0 radical (unpaired) electrons. The second-order valence-corrected chi connectivity index (χ2v) is 6.69. The van der Waals surface area contributed by atoms with Gasteiger partial charge in [0, 0.05) is 33.2 Å². The van der Waals surface area contributed by atoms with Crippen molar-refractivity contribution in [1.29, 1.82) is 0 Å². The highest BCUT2D eigenvalue weighted by Gasteiger charge is 2.36. The Morgan fingerprint density at radius 1 is 1.29 bits per heavy atom. The second kappa shape index (κ2) is 5.46. The van der Waals surface area contributed by atoms with E-state index in [2.05, 4.69) is 4.98 Å². The number of aromatic nitrogens is 2. The Bertz CT molecular complexity index is 585. The van der Waals surface area contributed by atoms with E-state index >= 15 is 0 Å². The minimum Gasteiger partial charge on any atom is -0.381 e. The first-order valence-electron chi connectivity index (χ1n) is 6.17. The van der Waals surface area contributed by atoms with E-state index in [1.54, 1.807) is 0 Å². The molecule has 0 aromatic carbocycles. The van der Waals surface area contributed by atoms with E-state index in [-0.39, 0.29) is 37.0 Å². The van der Waals surface area contributed by atoms with Crippen molar-refractivity contribution in [3.8, 4) is 0 Å². The molecule has 0 aliphatic carbocycles. The van der Waals surface area contributed by atoms with Crippen LogP contribution in [0.5, 0.6) is 0 Å². The lowest BCUT2D eigenvalue weighted by atomic mass is 10.3. The maximum absolute atomic E-state index is 12.4. The fraction of sp³-hybridized carbons (Fsp3) is 0.700. The highest BCUT2D eigenvalue weighted by Crippen LogP contribution is 2.23. The fourth-order valence-electron chi connectivity index (χ4n) is 2.26. The molecule has 0 atom stereocenters. The maximum atomic E-state index is 12.4. The van der Waals surface area contributed by atoms with Crippen molar-refractivity contribution in [3.63, 3.8) is 0 Å². The average molecular weight is 327 g/mol. The van der Waals surface area contributed by atoms with Gasteiger partial charge in [0.05, 0.1) is 12.9 Å². The molecule has 0 amide bonds. The molecule has 1 aromatic rings. The van der Waals surface area contributed by atoms with Crippen LogP contribution < -0.4 is 5.73 Å². The average Bonchev–Trinajstić information content (AvgIpc) is 2.68. The number of nitrogens with two attached hydrogens (primary N) is 1. The van der Waals surface area contributed by atoms with E-state index in [1.807, 2.05) is 0 Å². The van der Waals surface area contributed by atoms with Gasteiger partial charge < -0.3 is 10.3 Å². The number of hydrogen-bond donors (Lipinski definition) is 1. The minimum atomic E-state index is -4.28. The first-order chi connectivity index (χ1) is 9.61. The summed E-state index contributed by atoms with van der Waals surface area (Å²) in [6.07, 6.45) is -3.00. The lowest BCUT2D eigenvalue weighted by molar-refractivity contribution is -0.148. The van der Waals surface area contributed by atoms with E-state index in [0.29, 0.717) is 0 Å². The van der Waals surface area contributed by atoms with Gasteiger partial charge in [0.2, 0.25) is 0 Å². The van der Waals surface area contributed by atoms with E-state index in [1.165, 1.54) is 22.8 Å². The molecule has 0 unspecified atom stereocenters. The van der Waals surface area contributed by atoms with Crippen LogP contribution in [0.15, 0.2) is 11.4 Å². The molecule has 0 bridgehead atoms. The molecule has 21 heavy (non-hydrogen) atoms. The largest absolute Gasteiger partial charge is 0.401 e. The Hall–Kier alpha value is -1.33. The van der Waals surface area contributed by atoms with Crippen LogP contribution in [0.3, 0.4) is 0 Å². The van der Waals surface area contributed by atoms with Crippen molar-refractivity contribution >= 4 is 15.8 Å². The van der Waals surface area contributed by atoms with Gasteiger partial charge >= 0.3 is 6.18 Å². The standard InChI is InChI=1S/C10H16F3N5O2S/c1-16-7-15-8(14)9(16)21(19,20)18-4-2-17(3-5-18)6-10(11,12)13/h7H,2-6,14H2,1H3. The lowest BCUT2D eigenvalue weighted by Crippen LogP contribution is -2.51. The summed E-state index contributed by atoms with van der Waals surface area (Å²) in [6, 6.07) is 0. The quantitative estimate of drug-likeness (QED) is 0.836. The Morgan fingerprint density at radius 3 is 2.29 bits per heavy atom. The van der Waals surface area contributed by atoms with Gasteiger partial charge in [-0.2, -0.15) is 17.5 Å². The fourth-order valence-corrected chi connectivity index (χ4v) is 3.87.